The van der Waals surface area contributed by atoms with Crippen LogP contribution in [0.2, 0.25) is 0 Å². The number of carboxylic acids is 2. The predicted octanol–water partition coefficient (Wildman–Crippen LogP) is 3.11. The van der Waals surface area contributed by atoms with Gasteiger partial charge in [-0.15, -0.1) is 0 Å². The lowest BCUT2D eigenvalue weighted by atomic mass is 9.93. The molecule has 0 aliphatic carbocycles. The van der Waals surface area contributed by atoms with Crippen LogP contribution < -0.4 is 0 Å². The number of carboxylic acid groups (broad SMARTS) is 2. The van der Waals surface area contributed by atoms with Crippen molar-refractivity contribution < 1.29 is 29.3 Å². The van der Waals surface area contributed by atoms with Crippen molar-refractivity contribution in [2.75, 3.05) is 6.61 Å². The molecule has 0 radical (unpaired) electrons. The van der Waals surface area contributed by atoms with E-state index in [9.17, 15) is 14.4 Å². The van der Waals surface area contributed by atoms with Crippen LogP contribution in [0.4, 0.5) is 0 Å². The summed E-state index contributed by atoms with van der Waals surface area (Å²) in [4.78, 5) is 34.8. The molecular weight excluding hydrogens is 300 g/mol. The summed E-state index contributed by atoms with van der Waals surface area (Å²) >= 11 is 0. The standard InChI is InChI=1S/C17H22O6/c1-10(2)7-8-23-17(3,4)14(18)11-5-6-12(15(19)20)13(9-11)16(21)22/h5-6,9-10H,7-8H2,1-4H3,(H,19,20)(H,21,22). The molecule has 6 heteroatoms. The molecule has 0 aliphatic rings. The number of Topliss-reactive ketones (excluding diaryl/α,β-unsaturated/α-hetero) is 1. The number of hydrogen-bond acceptors (Lipinski definition) is 4. The van der Waals surface area contributed by atoms with E-state index in [1.54, 1.807) is 13.8 Å². The Kier molecular flexibility index (Phi) is 6.04. The van der Waals surface area contributed by atoms with Gasteiger partial charge in [0.15, 0.2) is 5.78 Å². The summed E-state index contributed by atoms with van der Waals surface area (Å²) in [6.45, 7) is 7.72. The molecule has 0 saturated heterocycles. The third-order valence-electron chi connectivity index (χ3n) is 3.45. The van der Waals surface area contributed by atoms with Crippen molar-refractivity contribution in [2.24, 2.45) is 5.92 Å². The minimum atomic E-state index is -1.39. The fraction of sp³-hybridized carbons (Fsp3) is 0.471. The van der Waals surface area contributed by atoms with Crippen LogP contribution in [-0.2, 0) is 4.74 Å². The second-order valence-electron chi connectivity index (χ2n) is 6.24. The first-order valence-corrected chi connectivity index (χ1v) is 7.35. The lowest BCUT2D eigenvalue weighted by Gasteiger charge is -2.24. The molecule has 0 saturated carbocycles. The van der Waals surface area contributed by atoms with Crippen molar-refractivity contribution >= 4 is 17.7 Å². The van der Waals surface area contributed by atoms with E-state index < -0.39 is 23.1 Å². The molecule has 0 aliphatic heterocycles. The van der Waals surface area contributed by atoms with Gasteiger partial charge in [0.05, 0.1) is 11.1 Å². The molecule has 0 spiro atoms. The van der Waals surface area contributed by atoms with Gasteiger partial charge in [0, 0.05) is 12.2 Å². The number of carbonyl (C=O) groups is 3. The fourth-order valence-electron chi connectivity index (χ4n) is 2.01. The summed E-state index contributed by atoms with van der Waals surface area (Å²) in [7, 11) is 0. The van der Waals surface area contributed by atoms with Crippen LogP contribution in [0.15, 0.2) is 18.2 Å². The Hall–Kier alpha value is -2.21. The van der Waals surface area contributed by atoms with Gasteiger partial charge >= 0.3 is 11.9 Å². The van der Waals surface area contributed by atoms with Gasteiger partial charge in [0.1, 0.15) is 5.60 Å². The SMILES string of the molecule is CC(C)CCOC(C)(C)C(=O)c1ccc(C(=O)O)c(C(=O)O)c1. The van der Waals surface area contributed by atoms with Gasteiger partial charge in [0.2, 0.25) is 0 Å². The minimum Gasteiger partial charge on any atom is -0.478 e. The molecule has 0 aromatic heterocycles. The minimum absolute atomic E-state index is 0.113. The maximum atomic E-state index is 12.5. The Morgan fingerprint density at radius 1 is 1.09 bits per heavy atom. The largest absolute Gasteiger partial charge is 0.478 e. The first-order valence-electron chi connectivity index (χ1n) is 7.35. The summed E-state index contributed by atoms with van der Waals surface area (Å²) in [5, 5.41) is 18.1. The van der Waals surface area contributed by atoms with Gasteiger partial charge in [-0.1, -0.05) is 19.9 Å². The van der Waals surface area contributed by atoms with Gasteiger partial charge < -0.3 is 14.9 Å². The van der Waals surface area contributed by atoms with Crippen LogP contribution in [0.5, 0.6) is 0 Å². The van der Waals surface area contributed by atoms with E-state index in [2.05, 4.69) is 0 Å². The number of carbonyl (C=O) groups excluding carboxylic acids is 1. The van der Waals surface area contributed by atoms with Crippen LogP contribution in [0, 0.1) is 5.92 Å². The third kappa shape index (κ3) is 4.89. The molecule has 126 valence electrons. The van der Waals surface area contributed by atoms with Crippen LogP contribution in [-0.4, -0.2) is 40.1 Å². The highest BCUT2D eigenvalue weighted by atomic mass is 16.5. The van der Waals surface area contributed by atoms with E-state index in [-0.39, 0.29) is 16.9 Å². The average Bonchev–Trinajstić information content (AvgIpc) is 2.44. The van der Waals surface area contributed by atoms with E-state index >= 15 is 0 Å². The molecule has 0 heterocycles. The number of benzene rings is 1. The highest BCUT2D eigenvalue weighted by Crippen LogP contribution is 2.21. The summed E-state index contributed by atoms with van der Waals surface area (Å²) in [5.74, 6) is -2.69. The van der Waals surface area contributed by atoms with Gasteiger partial charge in [-0.05, 0) is 38.3 Å². The zero-order chi connectivity index (χ0) is 17.8. The van der Waals surface area contributed by atoms with E-state index in [1.807, 2.05) is 13.8 Å². The Bertz CT molecular complexity index is 616. The topological polar surface area (TPSA) is 101 Å². The van der Waals surface area contributed by atoms with E-state index in [4.69, 9.17) is 14.9 Å². The normalized spacial score (nSPS) is 11.5. The van der Waals surface area contributed by atoms with Crippen LogP contribution in [0.25, 0.3) is 0 Å². The van der Waals surface area contributed by atoms with Gasteiger partial charge in [-0.25, -0.2) is 9.59 Å². The van der Waals surface area contributed by atoms with Gasteiger partial charge in [-0.2, -0.15) is 0 Å². The molecule has 0 unspecified atom stereocenters. The highest BCUT2D eigenvalue weighted by Gasteiger charge is 2.31. The van der Waals surface area contributed by atoms with Crippen LogP contribution >= 0.6 is 0 Å². The van der Waals surface area contributed by atoms with Crippen molar-refractivity contribution in [1.29, 1.82) is 0 Å². The number of rotatable bonds is 8. The highest BCUT2D eigenvalue weighted by molar-refractivity contribution is 6.07. The third-order valence-corrected chi connectivity index (χ3v) is 3.45. The van der Waals surface area contributed by atoms with Crippen molar-refractivity contribution in [3.8, 4) is 0 Å². The number of hydrogen-bond donors (Lipinski definition) is 2. The molecular formula is C17H22O6. The zero-order valence-corrected chi connectivity index (χ0v) is 13.8. The summed E-state index contributed by atoms with van der Waals surface area (Å²) in [6.07, 6.45) is 0.801. The average molecular weight is 322 g/mol. The van der Waals surface area contributed by atoms with Crippen molar-refractivity contribution in [1.82, 2.24) is 0 Å². The maximum absolute atomic E-state index is 12.5. The lowest BCUT2D eigenvalue weighted by Crippen LogP contribution is -2.36. The molecule has 0 fully saturated rings. The summed E-state index contributed by atoms with van der Waals surface area (Å²) in [6, 6.07) is 3.52. The molecule has 0 amide bonds. The number of ether oxygens (including phenoxy) is 1. The molecule has 6 nitrogen and oxygen atoms in total. The molecule has 2 N–H and O–H groups in total. The molecule has 1 rings (SSSR count). The quantitative estimate of drug-likeness (QED) is 0.713. The Labute approximate surface area is 135 Å². The Balaban J connectivity index is 3.05. The smallest absolute Gasteiger partial charge is 0.336 e. The Morgan fingerprint density at radius 3 is 2.13 bits per heavy atom. The second-order valence-corrected chi connectivity index (χ2v) is 6.24. The number of ketones is 1. The first-order chi connectivity index (χ1) is 10.6. The monoisotopic (exact) mass is 322 g/mol. The summed E-state index contributed by atoms with van der Waals surface area (Å²) in [5.41, 5.74) is -1.77. The molecule has 0 bridgehead atoms. The molecule has 1 aromatic carbocycles. The zero-order valence-electron chi connectivity index (χ0n) is 13.8. The van der Waals surface area contributed by atoms with E-state index in [1.165, 1.54) is 6.07 Å². The van der Waals surface area contributed by atoms with Crippen molar-refractivity contribution in [2.45, 2.75) is 39.7 Å². The van der Waals surface area contributed by atoms with Crippen molar-refractivity contribution in [3.63, 3.8) is 0 Å². The summed E-state index contributed by atoms with van der Waals surface area (Å²) < 4.78 is 5.62. The number of aromatic carboxylic acids is 2. The van der Waals surface area contributed by atoms with Crippen LogP contribution in [0.3, 0.4) is 0 Å². The fourth-order valence-corrected chi connectivity index (χ4v) is 2.01. The first kappa shape index (κ1) is 18.8. The van der Waals surface area contributed by atoms with E-state index in [0.29, 0.717) is 12.5 Å². The Morgan fingerprint density at radius 2 is 1.65 bits per heavy atom. The van der Waals surface area contributed by atoms with Crippen molar-refractivity contribution in [3.05, 3.63) is 34.9 Å². The van der Waals surface area contributed by atoms with Gasteiger partial charge in [-0.3, -0.25) is 4.79 Å². The lowest BCUT2D eigenvalue weighted by molar-refractivity contribution is -0.00815. The molecule has 23 heavy (non-hydrogen) atoms. The maximum Gasteiger partial charge on any atom is 0.336 e. The van der Waals surface area contributed by atoms with Crippen LogP contribution in [0.1, 0.15) is 65.2 Å². The predicted molar refractivity (Wildman–Crippen MR) is 84.2 cm³/mol. The van der Waals surface area contributed by atoms with Gasteiger partial charge in [0.25, 0.3) is 0 Å². The van der Waals surface area contributed by atoms with E-state index in [0.717, 1.165) is 18.6 Å². The molecule has 0 atom stereocenters. The second kappa shape index (κ2) is 7.37. The molecule has 1 aromatic rings.